The molecule has 4 nitrogen and oxygen atoms in total. The topological polar surface area (TPSA) is 58.5 Å². The van der Waals surface area contributed by atoms with Crippen molar-refractivity contribution in [1.29, 1.82) is 0 Å². The van der Waals surface area contributed by atoms with Gasteiger partial charge in [-0.15, -0.1) is 0 Å². The highest BCUT2D eigenvalue weighted by atomic mass is 32.2. The number of fused-ring (bicyclic) bond motifs is 1. The number of allylic oxidation sites excluding steroid dienone is 2. The second-order valence-corrected chi connectivity index (χ2v) is 8.77. The summed E-state index contributed by atoms with van der Waals surface area (Å²) in [6, 6.07) is 7.01. The summed E-state index contributed by atoms with van der Waals surface area (Å²) in [5, 5.41) is 4.13. The lowest BCUT2D eigenvalue weighted by Crippen LogP contribution is -2.35. The maximum Gasteiger partial charge on any atom is 0.276 e. The standard InChI is InChI=1S/C17H22N2O2S/c1-17(2,3)13-7-9-14(10-8-13)22(20,21)19-18-16-11-12-5-4-6-15(12)16/h4-5,7-10,12,15,19H,6,11H2,1-3H3/b18-16+/t12-,15-/m1/s1. The summed E-state index contributed by atoms with van der Waals surface area (Å²) in [5.41, 5.74) is 2.08. The van der Waals surface area contributed by atoms with Gasteiger partial charge in [0.1, 0.15) is 0 Å². The van der Waals surface area contributed by atoms with Crippen LogP contribution in [0.5, 0.6) is 0 Å². The zero-order valence-corrected chi connectivity index (χ0v) is 14.0. The Morgan fingerprint density at radius 1 is 1.18 bits per heavy atom. The van der Waals surface area contributed by atoms with Crippen LogP contribution < -0.4 is 4.83 Å². The largest absolute Gasteiger partial charge is 0.276 e. The van der Waals surface area contributed by atoms with E-state index in [4.69, 9.17) is 0 Å². The molecule has 118 valence electrons. The molecular weight excluding hydrogens is 296 g/mol. The molecular formula is C17H22N2O2S. The monoisotopic (exact) mass is 318 g/mol. The van der Waals surface area contributed by atoms with Gasteiger partial charge in [0.2, 0.25) is 0 Å². The van der Waals surface area contributed by atoms with Gasteiger partial charge in [0.15, 0.2) is 0 Å². The number of rotatable bonds is 3. The molecule has 0 radical (unpaired) electrons. The normalized spacial score (nSPS) is 25.9. The number of benzene rings is 1. The molecule has 0 saturated heterocycles. The number of hydrogen-bond acceptors (Lipinski definition) is 3. The third-order valence-electron chi connectivity index (χ3n) is 4.50. The minimum Gasteiger partial charge on any atom is -0.200 e. The van der Waals surface area contributed by atoms with Crippen LogP contribution in [0.15, 0.2) is 46.4 Å². The Kier molecular flexibility index (Phi) is 3.63. The molecule has 3 rings (SSSR count). The van der Waals surface area contributed by atoms with Gasteiger partial charge in [-0.25, -0.2) is 4.83 Å². The van der Waals surface area contributed by atoms with Gasteiger partial charge in [0.05, 0.1) is 4.90 Å². The van der Waals surface area contributed by atoms with Gasteiger partial charge in [-0.3, -0.25) is 0 Å². The summed E-state index contributed by atoms with van der Waals surface area (Å²) in [6.45, 7) is 6.30. The number of sulfonamides is 1. The fourth-order valence-corrected chi connectivity index (χ4v) is 3.81. The van der Waals surface area contributed by atoms with Crippen molar-refractivity contribution in [3.63, 3.8) is 0 Å². The Balaban J connectivity index is 1.72. The van der Waals surface area contributed by atoms with Crippen LogP contribution in [0.2, 0.25) is 0 Å². The average molecular weight is 318 g/mol. The van der Waals surface area contributed by atoms with Crippen LogP contribution in [0.1, 0.15) is 39.2 Å². The predicted octanol–water partition coefficient (Wildman–Crippen LogP) is 3.21. The fraction of sp³-hybridized carbons (Fsp3) is 0.471. The molecule has 1 aromatic rings. The third-order valence-corrected chi connectivity index (χ3v) is 5.73. The molecule has 0 heterocycles. The first kappa shape index (κ1) is 15.3. The minimum absolute atomic E-state index is 0.00631. The summed E-state index contributed by atoms with van der Waals surface area (Å²) < 4.78 is 24.6. The summed E-state index contributed by atoms with van der Waals surface area (Å²) in [6.07, 6.45) is 6.19. The highest BCUT2D eigenvalue weighted by Crippen LogP contribution is 2.40. The van der Waals surface area contributed by atoms with Crippen molar-refractivity contribution in [3.05, 3.63) is 42.0 Å². The van der Waals surface area contributed by atoms with E-state index in [0.29, 0.717) is 11.8 Å². The van der Waals surface area contributed by atoms with E-state index in [1.165, 1.54) is 0 Å². The van der Waals surface area contributed by atoms with Crippen molar-refractivity contribution in [3.8, 4) is 0 Å². The van der Waals surface area contributed by atoms with Crippen molar-refractivity contribution in [1.82, 2.24) is 4.83 Å². The van der Waals surface area contributed by atoms with Crippen LogP contribution in [0.25, 0.3) is 0 Å². The SMILES string of the molecule is CC(C)(C)c1ccc(S(=O)(=O)N/N=C2\C[C@H]3C=CC[C@@H]23)cc1. The van der Waals surface area contributed by atoms with E-state index in [1.54, 1.807) is 12.1 Å². The number of hydrogen-bond donors (Lipinski definition) is 1. The lowest BCUT2D eigenvalue weighted by Gasteiger charge is -2.31. The van der Waals surface area contributed by atoms with E-state index in [2.05, 4.69) is 42.9 Å². The first-order valence-corrected chi connectivity index (χ1v) is 9.11. The molecule has 5 heteroatoms. The van der Waals surface area contributed by atoms with Crippen molar-refractivity contribution in [2.24, 2.45) is 16.9 Å². The zero-order chi connectivity index (χ0) is 16.0. The van der Waals surface area contributed by atoms with Gasteiger partial charge < -0.3 is 0 Å². The molecule has 0 unspecified atom stereocenters. The van der Waals surface area contributed by atoms with E-state index in [0.717, 1.165) is 24.1 Å². The molecule has 2 aliphatic rings. The second kappa shape index (κ2) is 5.23. The second-order valence-electron chi connectivity index (χ2n) is 7.11. The zero-order valence-electron chi connectivity index (χ0n) is 13.2. The van der Waals surface area contributed by atoms with Gasteiger partial charge in [-0.1, -0.05) is 45.1 Å². The Labute approximate surface area is 132 Å². The maximum absolute atomic E-state index is 12.3. The Morgan fingerprint density at radius 3 is 2.45 bits per heavy atom. The van der Waals surface area contributed by atoms with Crippen molar-refractivity contribution in [2.75, 3.05) is 0 Å². The first-order valence-electron chi connectivity index (χ1n) is 7.63. The molecule has 0 aromatic heterocycles. The Morgan fingerprint density at radius 2 is 1.86 bits per heavy atom. The minimum atomic E-state index is -3.58. The van der Waals surface area contributed by atoms with Crippen molar-refractivity contribution in [2.45, 2.75) is 43.9 Å². The number of hydrazone groups is 1. The molecule has 0 spiro atoms. The van der Waals surface area contributed by atoms with E-state index >= 15 is 0 Å². The summed E-state index contributed by atoms with van der Waals surface area (Å²) in [4.78, 5) is 2.64. The molecule has 0 aliphatic heterocycles. The first-order chi connectivity index (χ1) is 10.3. The number of nitrogens with zero attached hydrogens (tertiary/aromatic N) is 1. The van der Waals surface area contributed by atoms with Gasteiger partial charge in [-0.2, -0.15) is 13.5 Å². The number of nitrogens with one attached hydrogen (secondary N) is 1. The van der Waals surface area contributed by atoms with Gasteiger partial charge in [0.25, 0.3) is 10.0 Å². The predicted molar refractivity (Wildman–Crippen MR) is 88.3 cm³/mol. The van der Waals surface area contributed by atoms with Crippen LogP contribution in [0.4, 0.5) is 0 Å². The fourth-order valence-electron chi connectivity index (χ4n) is 2.97. The molecule has 0 amide bonds. The van der Waals surface area contributed by atoms with Crippen LogP contribution in [-0.4, -0.2) is 14.1 Å². The van der Waals surface area contributed by atoms with Crippen LogP contribution >= 0.6 is 0 Å². The van der Waals surface area contributed by atoms with Gasteiger partial charge in [-0.05, 0) is 41.9 Å². The molecule has 1 N–H and O–H groups in total. The summed E-state index contributed by atoms with van der Waals surface area (Å²) in [7, 11) is -3.58. The Bertz CT molecular complexity index is 725. The third kappa shape index (κ3) is 2.82. The average Bonchev–Trinajstić information content (AvgIpc) is 2.79. The molecule has 1 saturated carbocycles. The molecule has 2 aliphatic carbocycles. The van der Waals surface area contributed by atoms with E-state index < -0.39 is 10.0 Å². The molecule has 22 heavy (non-hydrogen) atoms. The summed E-state index contributed by atoms with van der Waals surface area (Å²) in [5.74, 6) is 0.972. The smallest absolute Gasteiger partial charge is 0.200 e. The quantitative estimate of drug-likeness (QED) is 0.687. The highest BCUT2D eigenvalue weighted by molar-refractivity contribution is 7.89. The van der Waals surface area contributed by atoms with Crippen LogP contribution in [0.3, 0.4) is 0 Å². The lowest BCUT2D eigenvalue weighted by atomic mass is 9.74. The highest BCUT2D eigenvalue weighted by Gasteiger charge is 2.38. The summed E-state index contributed by atoms with van der Waals surface area (Å²) >= 11 is 0. The van der Waals surface area contributed by atoms with E-state index in [9.17, 15) is 8.42 Å². The van der Waals surface area contributed by atoms with Crippen molar-refractivity contribution >= 4 is 15.7 Å². The molecule has 1 aromatic carbocycles. The molecule has 2 atom stereocenters. The van der Waals surface area contributed by atoms with Crippen molar-refractivity contribution < 1.29 is 8.42 Å². The van der Waals surface area contributed by atoms with Crippen LogP contribution in [0, 0.1) is 11.8 Å². The lowest BCUT2D eigenvalue weighted by molar-refractivity contribution is 0.463. The van der Waals surface area contributed by atoms with E-state index in [-0.39, 0.29) is 10.3 Å². The molecule has 0 bridgehead atoms. The Hall–Kier alpha value is -1.62. The maximum atomic E-state index is 12.3. The van der Waals surface area contributed by atoms with Gasteiger partial charge >= 0.3 is 0 Å². The van der Waals surface area contributed by atoms with E-state index in [1.807, 2.05) is 12.1 Å². The van der Waals surface area contributed by atoms with Gasteiger partial charge in [0, 0.05) is 11.6 Å². The molecule has 1 fully saturated rings. The van der Waals surface area contributed by atoms with Crippen LogP contribution in [-0.2, 0) is 15.4 Å².